The van der Waals surface area contributed by atoms with E-state index in [0.29, 0.717) is 22.5 Å². The molecule has 0 aliphatic heterocycles. The van der Waals surface area contributed by atoms with Crippen molar-refractivity contribution in [3.63, 3.8) is 0 Å². The molecule has 12 heteroatoms. The number of nitrogen functional groups attached to an aromatic ring is 1. The van der Waals surface area contributed by atoms with Crippen molar-refractivity contribution >= 4 is 64.9 Å². The topological polar surface area (TPSA) is 95.9 Å². The van der Waals surface area contributed by atoms with Crippen molar-refractivity contribution < 1.29 is 18.3 Å². The van der Waals surface area contributed by atoms with Crippen LogP contribution in [0.25, 0.3) is 22.4 Å². The van der Waals surface area contributed by atoms with Crippen LogP contribution in [0.15, 0.2) is 23.5 Å². The van der Waals surface area contributed by atoms with Crippen LogP contribution in [0.1, 0.15) is 25.7 Å². The largest absolute Gasteiger partial charge is 0.469 e. The molecule has 0 saturated heterocycles. The molecule has 2 aliphatic carbocycles. The zero-order chi connectivity index (χ0) is 23.7. The summed E-state index contributed by atoms with van der Waals surface area (Å²) < 4.78 is 33.8. The van der Waals surface area contributed by atoms with Crippen molar-refractivity contribution in [2.24, 2.45) is 17.8 Å². The molecule has 2 bridgehead atoms. The molecule has 2 N–H and O–H groups in total. The Balaban J connectivity index is 0.000000196. The Hall–Kier alpha value is -1.67. The van der Waals surface area contributed by atoms with E-state index in [9.17, 15) is 13.6 Å². The monoisotopic (exact) mass is 605 g/mol. The normalized spacial score (nSPS) is 21.2. The Bertz CT molecular complexity index is 1200. The molecule has 7 nitrogen and oxygen atoms in total. The van der Waals surface area contributed by atoms with Crippen molar-refractivity contribution in [1.29, 1.82) is 0 Å². The Kier molecular flexibility index (Phi) is 7.63. The molecule has 0 amide bonds. The van der Waals surface area contributed by atoms with Crippen LogP contribution in [0.5, 0.6) is 0 Å². The maximum Gasteiger partial charge on any atom is 0.308 e. The smallest absolute Gasteiger partial charge is 0.308 e. The van der Waals surface area contributed by atoms with Gasteiger partial charge in [-0.05, 0) is 43.4 Å². The van der Waals surface area contributed by atoms with Gasteiger partial charge in [0, 0.05) is 47.5 Å². The van der Waals surface area contributed by atoms with Gasteiger partial charge in [-0.3, -0.25) is 8.77 Å². The molecule has 3 aromatic rings. The van der Waals surface area contributed by atoms with E-state index in [-0.39, 0.29) is 28.6 Å². The summed E-state index contributed by atoms with van der Waals surface area (Å²) in [7, 11) is 2.87. The number of hydrogen-bond donors (Lipinski definition) is 1. The third-order valence-corrected chi connectivity index (χ3v) is 8.53. The van der Waals surface area contributed by atoms with Crippen LogP contribution in [0, 0.1) is 29.4 Å². The number of carbonyl (C=O) groups is 1. The van der Waals surface area contributed by atoms with Crippen molar-refractivity contribution in [1.82, 2.24) is 18.9 Å². The molecular formula is C21H22F2IN5O2S2. The highest BCUT2D eigenvalue weighted by Crippen LogP contribution is 2.48. The number of nitrogens with two attached hydrogens (primary N) is 1. The fourth-order valence-corrected chi connectivity index (χ4v) is 6.39. The number of hydrogen-bond acceptors (Lipinski definition) is 8. The first-order valence-electron chi connectivity index (χ1n) is 10.3. The maximum absolute atomic E-state index is 13.8. The van der Waals surface area contributed by atoms with Crippen molar-refractivity contribution in [2.75, 3.05) is 19.1 Å². The van der Waals surface area contributed by atoms with Crippen LogP contribution in [-0.2, 0) is 9.53 Å². The first-order valence-corrected chi connectivity index (χ1v) is 14.8. The number of pyridine rings is 1. The number of anilines is 1. The van der Waals surface area contributed by atoms with Gasteiger partial charge in [0.25, 0.3) is 0 Å². The van der Waals surface area contributed by atoms with E-state index in [2.05, 4.69) is 36.2 Å². The van der Waals surface area contributed by atoms with E-state index in [0.717, 1.165) is 30.3 Å². The van der Waals surface area contributed by atoms with Gasteiger partial charge < -0.3 is 10.5 Å². The minimum Gasteiger partial charge on any atom is -0.469 e. The maximum atomic E-state index is 13.8. The number of carbonyl (C=O) groups excluding carboxylic acids is 1. The highest BCUT2D eigenvalue weighted by atomic mass is 127. The Labute approximate surface area is 210 Å². The third-order valence-electron chi connectivity index (χ3n) is 6.18. The van der Waals surface area contributed by atoms with Gasteiger partial charge in [-0.25, -0.2) is 19.3 Å². The van der Waals surface area contributed by atoms with E-state index in [1.807, 2.05) is 0 Å². The molecule has 3 unspecified atom stereocenters. The average Bonchev–Trinajstić information content (AvgIpc) is 3.54. The van der Waals surface area contributed by atoms with Crippen LogP contribution < -0.4 is 5.73 Å². The lowest BCUT2D eigenvalue weighted by atomic mass is 9.89. The summed E-state index contributed by atoms with van der Waals surface area (Å²) in [6.07, 6.45) is 9.53. The highest BCUT2D eigenvalue weighted by Gasteiger charge is 2.43. The molecule has 2 saturated carbocycles. The second-order valence-electron chi connectivity index (χ2n) is 8.02. The van der Waals surface area contributed by atoms with E-state index in [1.54, 1.807) is 16.4 Å². The molecule has 2 fully saturated rings. The number of methoxy groups -OCH3 is 1. The molecule has 0 spiro atoms. The van der Waals surface area contributed by atoms with Crippen LogP contribution in [0.4, 0.5) is 14.6 Å². The van der Waals surface area contributed by atoms with Gasteiger partial charge in [0.05, 0.1) is 19.2 Å². The predicted octanol–water partition coefficient (Wildman–Crippen LogP) is 5.52. The summed E-state index contributed by atoms with van der Waals surface area (Å²) in [5, 5.41) is 0.692. The molecule has 3 aromatic heterocycles. The van der Waals surface area contributed by atoms with Gasteiger partial charge in [0.1, 0.15) is 10.8 Å². The van der Waals surface area contributed by atoms with Gasteiger partial charge in [-0.2, -0.15) is 4.39 Å². The minimum absolute atomic E-state index is 0.0252. The van der Waals surface area contributed by atoms with Gasteiger partial charge in [0.2, 0.25) is 0 Å². The van der Waals surface area contributed by atoms with Crippen LogP contribution >= 0.6 is 42.1 Å². The van der Waals surface area contributed by atoms with E-state index in [1.165, 1.54) is 41.6 Å². The Morgan fingerprint density at radius 2 is 2.09 bits per heavy atom. The lowest BCUT2D eigenvalue weighted by molar-refractivity contribution is -0.147. The van der Waals surface area contributed by atoms with Crippen molar-refractivity contribution in [2.45, 2.75) is 30.7 Å². The van der Waals surface area contributed by atoms with Gasteiger partial charge in [-0.15, -0.1) is 11.8 Å². The first-order chi connectivity index (χ1) is 15.9. The molecule has 0 aromatic carbocycles. The van der Waals surface area contributed by atoms with E-state index < -0.39 is 11.6 Å². The molecular weight excluding hydrogens is 583 g/mol. The molecule has 3 atom stereocenters. The summed E-state index contributed by atoms with van der Waals surface area (Å²) in [5.74, 6) is 0.664. The van der Waals surface area contributed by atoms with E-state index >= 15 is 0 Å². The van der Waals surface area contributed by atoms with Crippen molar-refractivity contribution in [3.8, 4) is 11.4 Å². The number of thioether (sulfide) groups is 1. The third kappa shape index (κ3) is 4.92. The van der Waals surface area contributed by atoms with Crippen LogP contribution in [0.2, 0.25) is 0 Å². The minimum atomic E-state index is -0.646. The quantitative estimate of drug-likeness (QED) is 0.180. The van der Waals surface area contributed by atoms with Gasteiger partial charge >= 0.3 is 5.97 Å². The molecule has 0 radical (unpaired) electrons. The molecule has 33 heavy (non-hydrogen) atoms. The summed E-state index contributed by atoms with van der Waals surface area (Å²) in [4.78, 5) is 23.4. The van der Waals surface area contributed by atoms with Gasteiger partial charge in [-0.1, -0.05) is 6.42 Å². The number of nitrogens with zero attached hydrogens (tertiary/aromatic N) is 4. The molecule has 176 valence electrons. The van der Waals surface area contributed by atoms with Crippen LogP contribution in [0.3, 0.4) is 0 Å². The number of esters is 1. The lowest BCUT2D eigenvalue weighted by Gasteiger charge is -2.18. The number of fused-ring (bicyclic) bond motifs is 3. The van der Waals surface area contributed by atoms with Crippen LogP contribution in [-0.4, -0.2) is 38.3 Å². The second kappa shape index (κ2) is 10.3. The predicted molar refractivity (Wildman–Crippen MR) is 135 cm³/mol. The summed E-state index contributed by atoms with van der Waals surface area (Å²) in [5.41, 5.74) is 6.73. The summed E-state index contributed by atoms with van der Waals surface area (Å²) >= 11 is 3.22. The fourth-order valence-electron chi connectivity index (χ4n) is 4.67. The Morgan fingerprint density at radius 1 is 1.30 bits per heavy atom. The van der Waals surface area contributed by atoms with E-state index in [4.69, 9.17) is 10.5 Å². The second-order valence-corrected chi connectivity index (χ2v) is 10.5. The Morgan fingerprint density at radius 3 is 2.70 bits per heavy atom. The lowest BCUT2D eigenvalue weighted by Crippen LogP contribution is -2.21. The van der Waals surface area contributed by atoms with Gasteiger partial charge in [0.15, 0.2) is 23.1 Å². The molecule has 2 aliphatic rings. The fraction of sp³-hybridized carbons (Fsp3) is 0.429. The number of aromatic nitrogens is 4. The standard InChI is InChI=1S/C12H8F2IN5S2.C9H14O2/c1-21-12-8(14)9(16)18-10(19-12)7-4-20(22-15)11-6(7)2-5(13)3-17-11;1-11-9(10)8-5-6-2-3-7(8)4-6/h2-4H,1H3,(H2,16,18,19);6-8H,2-5H2,1H3. The first kappa shape index (κ1) is 24.5. The number of halogens is 3. The van der Waals surface area contributed by atoms with Crippen molar-refractivity contribution in [3.05, 3.63) is 30.1 Å². The molecule has 3 heterocycles. The molecule has 5 rings (SSSR count). The zero-order valence-electron chi connectivity index (χ0n) is 17.9. The summed E-state index contributed by atoms with van der Waals surface area (Å²) in [6.45, 7) is 0. The zero-order valence-corrected chi connectivity index (χ0v) is 21.7. The SMILES string of the molecule is COC(=O)C1CC2CCC1C2.CSc1nc(-c2cn(SI)c3ncc(F)cc23)nc(N)c1F. The average molecular weight is 605 g/mol. The summed E-state index contributed by atoms with van der Waals surface area (Å²) in [6, 6.07) is 1.35. The number of ether oxygens (including phenoxy) is 1. The highest BCUT2D eigenvalue weighted by molar-refractivity contribution is 14.2. The number of rotatable bonds is 4.